The Kier molecular flexibility index (Phi) is 5.74. The smallest absolute Gasteiger partial charge is 0.129 e. The third-order valence-corrected chi connectivity index (χ3v) is 3.49. The second kappa shape index (κ2) is 7.57. The zero-order valence-corrected chi connectivity index (χ0v) is 14.9. The number of thiocarbonyl (C=S) groups is 1. The van der Waals surface area contributed by atoms with Gasteiger partial charge in [-0.15, -0.1) is 0 Å². The maximum atomic E-state index is 6.19. The summed E-state index contributed by atoms with van der Waals surface area (Å²) in [4.78, 5) is 6.00. The van der Waals surface area contributed by atoms with E-state index >= 15 is 0 Å². The zero-order chi connectivity index (χ0) is 16.9. The number of nitrogens with zero attached hydrogens (tertiary/aromatic N) is 1. The maximum absolute atomic E-state index is 6.19. The van der Waals surface area contributed by atoms with Gasteiger partial charge in [-0.3, -0.25) is 0 Å². The van der Waals surface area contributed by atoms with Gasteiger partial charge < -0.3 is 10.2 Å². The van der Waals surface area contributed by atoms with Gasteiger partial charge in [0.15, 0.2) is 0 Å². The van der Waals surface area contributed by atoms with Crippen LogP contribution in [0.25, 0.3) is 0 Å². The minimum atomic E-state index is -0.340. The van der Waals surface area contributed by atoms with E-state index in [1.165, 1.54) is 0 Å². The molecule has 0 fully saturated rings. The average molecular weight is 347 g/mol. The predicted molar refractivity (Wildman–Crippen MR) is 102 cm³/mol. The Morgan fingerprint density at radius 2 is 1.87 bits per heavy atom. The highest BCUT2D eigenvalue weighted by atomic mass is 35.5. The molecule has 5 heteroatoms. The van der Waals surface area contributed by atoms with Crippen LogP contribution < -0.4 is 5.32 Å². The van der Waals surface area contributed by atoms with E-state index in [1.807, 2.05) is 63.2 Å². The fourth-order valence-corrected chi connectivity index (χ4v) is 2.17. The number of hydrogen-bond acceptors (Lipinski definition) is 3. The first-order chi connectivity index (χ1) is 10.8. The highest BCUT2D eigenvalue weighted by Crippen LogP contribution is 2.20. The van der Waals surface area contributed by atoms with Crippen molar-refractivity contribution in [1.82, 2.24) is 0 Å². The lowest BCUT2D eigenvalue weighted by atomic mass is 10.2. The summed E-state index contributed by atoms with van der Waals surface area (Å²) in [5, 5.41) is 7.78. The molecule has 0 amide bonds. The second-order valence-corrected chi connectivity index (χ2v) is 6.81. The van der Waals surface area contributed by atoms with Crippen molar-refractivity contribution in [1.29, 1.82) is 0 Å². The van der Waals surface area contributed by atoms with Gasteiger partial charge in [0.05, 0.1) is 6.21 Å². The summed E-state index contributed by atoms with van der Waals surface area (Å²) in [6, 6.07) is 15.3. The van der Waals surface area contributed by atoms with Crippen molar-refractivity contribution < 1.29 is 4.84 Å². The SMILES string of the molecule is CC(C)(C)O/N=C\c1cc(NC(=S)c2ccccc2)ccc1Cl. The van der Waals surface area contributed by atoms with Gasteiger partial charge in [-0.1, -0.05) is 59.3 Å². The molecule has 0 saturated carbocycles. The monoisotopic (exact) mass is 346 g/mol. The number of nitrogens with one attached hydrogen (secondary N) is 1. The van der Waals surface area contributed by atoms with Crippen molar-refractivity contribution in [3.05, 3.63) is 64.7 Å². The van der Waals surface area contributed by atoms with E-state index in [0.29, 0.717) is 10.0 Å². The lowest BCUT2D eigenvalue weighted by Crippen LogP contribution is -2.15. The molecule has 0 aromatic heterocycles. The van der Waals surface area contributed by atoms with Crippen LogP contribution in [-0.4, -0.2) is 16.8 Å². The standard InChI is InChI=1S/C18H19ClN2OS/c1-18(2,3)22-20-12-14-11-15(9-10-16(14)19)21-17(23)13-7-5-4-6-8-13/h4-12H,1-3H3,(H,21,23)/b20-12-. The second-order valence-electron chi connectivity index (χ2n) is 5.99. The lowest BCUT2D eigenvalue weighted by molar-refractivity contribution is 0.00199. The number of rotatable bonds is 4. The number of halogens is 1. The molecule has 2 rings (SSSR count). The summed E-state index contributed by atoms with van der Waals surface area (Å²) in [7, 11) is 0. The van der Waals surface area contributed by atoms with Crippen molar-refractivity contribution in [3.8, 4) is 0 Å². The van der Waals surface area contributed by atoms with Gasteiger partial charge in [-0.2, -0.15) is 0 Å². The van der Waals surface area contributed by atoms with Crippen molar-refractivity contribution >= 4 is 40.7 Å². The van der Waals surface area contributed by atoms with E-state index < -0.39 is 0 Å². The van der Waals surface area contributed by atoms with E-state index in [1.54, 1.807) is 12.3 Å². The van der Waals surface area contributed by atoms with Crippen molar-refractivity contribution in [3.63, 3.8) is 0 Å². The molecule has 0 aliphatic heterocycles. The molecule has 0 unspecified atom stereocenters. The molecule has 0 radical (unpaired) electrons. The van der Waals surface area contributed by atoms with Crippen molar-refractivity contribution in [2.24, 2.45) is 5.16 Å². The molecule has 0 spiro atoms. The summed E-state index contributed by atoms with van der Waals surface area (Å²) < 4.78 is 0. The molecule has 0 saturated heterocycles. The number of benzene rings is 2. The molecule has 1 N–H and O–H groups in total. The van der Waals surface area contributed by atoms with E-state index in [0.717, 1.165) is 16.8 Å². The molecule has 0 heterocycles. The van der Waals surface area contributed by atoms with Crippen LogP contribution in [-0.2, 0) is 4.84 Å². The summed E-state index contributed by atoms with van der Waals surface area (Å²) in [6.07, 6.45) is 1.60. The first kappa shape index (κ1) is 17.4. The number of oxime groups is 1. The fraction of sp³-hybridized carbons (Fsp3) is 0.222. The molecule has 2 aromatic rings. The third kappa shape index (κ3) is 5.66. The van der Waals surface area contributed by atoms with Gasteiger partial charge >= 0.3 is 0 Å². The maximum Gasteiger partial charge on any atom is 0.129 e. The Hall–Kier alpha value is -1.91. The molecule has 120 valence electrons. The van der Waals surface area contributed by atoms with Crippen LogP contribution in [0.2, 0.25) is 5.02 Å². The van der Waals surface area contributed by atoms with Crippen LogP contribution >= 0.6 is 23.8 Å². The van der Waals surface area contributed by atoms with Gasteiger partial charge in [-0.25, -0.2) is 0 Å². The largest absolute Gasteiger partial charge is 0.390 e. The van der Waals surface area contributed by atoms with E-state index in [9.17, 15) is 0 Å². The molecular weight excluding hydrogens is 328 g/mol. The van der Waals surface area contributed by atoms with Crippen LogP contribution in [0.5, 0.6) is 0 Å². The third-order valence-electron chi connectivity index (χ3n) is 2.81. The van der Waals surface area contributed by atoms with E-state index in [-0.39, 0.29) is 5.60 Å². The highest BCUT2D eigenvalue weighted by Gasteiger charge is 2.10. The molecular formula is C18H19ClN2OS. The summed E-state index contributed by atoms with van der Waals surface area (Å²) in [5.41, 5.74) is 2.23. The number of hydrogen-bond donors (Lipinski definition) is 1. The highest BCUT2D eigenvalue weighted by molar-refractivity contribution is 7.81. The normalized spacial score (nSPS) is 11.5. The predicted octanol–water partition coefficient (Wildman–Crippen LogP) is 5.28. The Bertz CT molecular complexity index is 709. The summed E-state index contributed by atoms with van der Waals surface area (Å²) in [5.74, 6) is 0. The molecule has 0 aliphatic carbocycles. The first-order valence-corrected chi connectivity index (χ1v) is 8.01. The quantitative estimate of drug-likeness (QED) is 0.464. The van der Waals surface area contributed by atoms with Crippen molar-refractivity contribution in [2.45, 2.75) is 26.4 Å². The molecule has 3 nitrogen and oxygen atoms in total. The average Bonchev–Trinajstić information content (AvgIpc) is 2.50. The Morgan fingerprint density at radius 1 is 1.17 bits per heavy atom. The molecule has 0 atom stereocenters. The van der Waals surface area contributed by atoms with Gasteiger partial charge in [0.25, 0.3) is 0 Å². The Morgan fingerprint density at radius 3 is 2.52 bits per heavy atom. The minimum Gasteiger partial charge on any atom is -0.390 e. The Balaban J connectivity index is 2.12. The van der Waals surface area contributed by atoms with Crippen molar-refractivity contribution in [2.75, 3.05) is 5.32 Å². The van der Waals surface area contributed by atoms with Crippen LogP contribution in [0.4, 0.5) is 5.69 Å². The van der Waals surface area contributed by atoms with Crippen LogP contribution in [0.3, 0.4) is 0 Å². The molecule has 0 aliphatic rings. The van der Waals surface area contributed by atoms with Crippen LogP contribution in [0, 0.1) is 0 Å². The molecule has 0 bridgehead atoms. The van der Waals surface area contributed by atoms with Crippen LogP contribution in [0.15, 0.2) is 53.7 Å². The van der Waals surface area contributed by atoms with E-state index in [2.05, 4.69) is 10.5 Å². The summed E-state index contributed by atoms with van der Waals surface area (Å²) >= 11 is 11.6. The van der Waals surface area contributed by atoms with Gasteiger partial charge in [0.2, 0.25) is 0 Å². The van der Waals surface area contributed by atoms with Gasteiger partial charge in [0, 0.05) is 21.8 Å². The fourth-order valence-electron chi connectivity index (χ4n) is 1.75. The van der Waals surface area contributed by atoms with E-state index in [4.69, 9.17) is 28.7 Å². The topological polar surface area (TPSA) is 33.6 Å². The summed E-state index contributed by atoms with van der Waals surface area (Å²) in [6.45, 7) is 5.80. The zero-order valence-electron chi connectivity index (χ0n) is 13.3. The van der Waals surface area contributed by atoms with Gasteiger partial charge in [-0.05, 0) is 39.0 Å². The lowest BCUT2D eigenvalue weighted by Gasteiger charge is -2.15. The molecule has 2 aromatic carbocycles. The Labute approximate surface area is 147 Å². The van der Waals surface area contributed by atoms with Gasteiger partial charge in [0.1, 0.15) is 10.6 Å². The number of anilines is 1. The minimum absolute atomic E-state index is 0.340. The van der Waals surface area contributed by atoms with Crippen LogP contribution in [0.1, 0.15) is 31.9 Å². The first-order valence-electron chi connectivity index (χ1n) is 7.23. The molecule has 23 heavy (non-hydrogen) atoms.